The Labute approximate surface area is 168 Å². The maximum absolute atomic E-state index is 12.7. The van der Waals surface area contributed by atoms with Gasteiger partial charge in [-0.05, 0) is 24.3 Å². The molecule has 11 heteroatoms. The minimum absolute atomic E-state index is 0.130. The molecule has 28 heavy (non-hydrogen) atoms. The fourth-order valence-corrected chi connectivity index (χ4v) is 3.76. The van der Waals surface area contributed by atoms with Crippen LogP contribution in [0.5, 0.6) is 0 Å². The van der Waals surface area contributed by atoms with E-state index in [1.807, 2.05) is 4.90 Å². The molecule has 2 heterocycles. The number of amides is 1. The first-order valence-corrected chi connectivity index (χ1v) is 9.48. The summed E-state index contributed by atoms with van der Waals surface area (Å²) in [6.45, 7) is 2.12. The Morgan fingerprint density at radius 3 is 2.79 bits per heavy atom. The van der Waals surface area contributed by atoms with Crippen LogP contribution < -0.4 is 10.2 Å². The third-order valence-electron chi connectivity index (χ3n) is 4.40. The van der Waals surface area contributed by atoms with Crippen LogP contribution in [-0.2, 0) is 4.74 Å². The summed E-state index contributed by atoms with van der Waals surface area (Å²) in [6, 6.07) is 7.74. The smallest absolute Gasteiger partial charge is 0.293 e. The molecule has 1 fully saturated rings. The van der Waals surface area contributed by atoms with E-state index in [1.165, 1.54) is 6.07 Å². The molecule has 1 amide bonds. The molecule has 9 nitrogen and oxygen atoms in total. The topological polar surface area (TPSA) is 110 Å². The average molecular weight is 420 g/mol. The molecule has 3 aromatic rings. The van der Waals surface area contributed by atoms with E-state index in [0.29, 0.717) is 53.7 Å². The second-order valence-corrected chi connectivity index (χ2v) is 7.00. The lowest BCUT2D eigenvalue weighted by Gasteiger charge is -2.28. The first-order chi connectivity index (χ1) is 13.5. The summed E-state index contributed by atoms with van der Waals surface area (Å²) < 4.78 is 13.6. The summed E-state index contributed by atoms with van der Waals surface area (Å²) in [5, 5.41) is 14.6. The van der Waals surface area contributed by atoms with Crippen LogP contribution in [0.25, 0.3) is 11.0 Å². The van der Waals surface area contributed by atoms with E-state index < -0.39 is 10.8 Å². The normalized spacial score (nSPS) is 14.2. The number of anilines is 2. The van der Waals surface area contributed by atoms with Crippen molar-refractivity contribution in [2.45, 2.75) is 0 Å². The standard InChI is InChI=1S/C17H14ClN5O4S/c18-11-2-3-12-16(21-28-20-12)15(11)19-17(24)10-1-4-13(14(9-10)23(25)26)22-5-7-27-8-6-22/h1-4,9H,5-8H2,(H,19,24). The van der Waals surface area contributed by atoms with Crippen molar-refractivity contribution in [1.82, 2.24) is 8.75 Å². The number of carbonyl (C=O) groups is 1. The van der Waals surface area contributed by atoms with E-state index in [4.69, 9.17) is 16.3 Å². The van der Waals surface area contributed by atoms with Gasteiger partial charge in [0, 0.05) is 24.7 Å². The average Bonchev–Trinajstić information content (AvgIpc) is 3.19. The molecular weight excluding hydrogens is 406 g/mol. The van der Waals surface area contributed by atoms with Crippen LogP contribution in [0.15, 0.2) is 30.3 Å². The highest BCUT2D eigenvalue weighted by Crippen LogP contribution is 2.32. The number of fused-ring (bicyclic) bond motifs is 1. The van der Waals surface area contributed by atoms with Gasteiger partial charge in [-0.25, -0.2) is 0 Å². The monoisotopic (exact) mass is 419 g/mol. The molecule has 0 aliphatic carbocycles. The van der Waals surface area contributed by atoms with E-state index in [2.05, 4.69) is 14.1 Å². The molecule has 1 aliphatic heterocycles. The SMILES string of the molecule is O=C(Nc1c(Cl)ccc2nsnc12)c1ccc(N2CCOCC2)c([N+](=O)[O-])c1. The van der Waals surface area contributed by atoms with Gasteiger partial charge in [-0.3, -0.25) is 14.9 Å². The van der Waals surface area contributed by atoms with Crippen molar-refractivity contribution in [2.75, 3.05) is 36.5 Å². The van der Waals surface area contributed by atoms with Crippen LogP contribution in [0.1, 0.15) is 10.4 Å². The molecule has 4 rings (SSSR count). The molecule has 144 valence electrons. The number of ether oxygens (including phenoxy) is 1. The number of nitrogens with one attached hydrogen (secondary N) is 1. The van der Waals surface area contributed by atoms with Crippen LogP contribution >= 0.6 is 23.3 Å². The first kappa shape index (κ1) is 18.5. The zero-order chi connectivity index (χ0) is 19.7. The quantitative estimate of drug-likeness (QED) is 0.510. The molecule has 1 N–H and O–H groups in total. The summed E-state index contributed by atoms with van der Waals surface area (Å²) in [6.07, 6.45) is 0. The number of nitro benzene ring substituents is 1. The number of halogens is 1. The molecule has 0 atom stereocenters. The maximum Gasteiger partial charge on any atom is 0.293 e. The van der Waals surface area contributed by atoms with Crippen LogP contribution in [0.2, 0.25) is 5.02 Å². The molecule has 1 aromatic heterocycles. The van der Waals surface area contributed by atoms with Gasteiger partial charge in [0.2, 0.25) is 0 Å². The minimum Gasteiger partial charge on any atom is -0.378 e. The summed E-state index contributed by atoms with van der Waals surface area (Å²) >= 11 is 7.20. The molecule has 0 radical (unpaired) electrons. The number of hydrogen-bond acceptors (Lipinski definition) is 8. The number of nitro groups is 1. The second-order valence-electron chi connectivity index (χ2n) is 6.07. The van der Waals surface area contributed by atoms with Crippen molar-refractivity contribution >= 4 is 57.3 Å². The summed E-state index contributed by atoms with van der Waals surface area (Å²) in [5.74, 6) is -0.515. The number of hydrogen-bond donors (Lipinski definition) is 1. The number of aromatic nitrogens is 2. The predicted octanol–water partition coefficient (Wildman–Crippen LogP) is 3.34. The second kappa shape index (κ2) is 7.66. The van der Waals surface area contributed by atoms with Gasteiger partial charge >= 0.3 is 0 Å². The molecule has 0 saturated carbocycles. The van der Waals surface area contributed by atoms with Gasteiger partial charge < -0.3 is 15.0 Å². The van der Waals surface area contributed by atoms with Crippen molar-refractivity contribution < 1.29 is 14.5 Å². The van der Waals surface area contributed by atoms with Crippen molar-refractivity contribution in [2.24, 2.45) is 0 Å². The molecule has 2 aromatic carbocycles. The van der Waals surface area contributed by atoms with E-state index in [9.17, 15) is 14.9 Å². The Morgan fingerprint density at radius 2 is 2.04 bits per heavy atom. The van der Waals surface area contributed by atoms with Crippen LogP contribution in [0.3, 0.4) is 0 Å². The molecular formula is C17H14ClN5O4S. The minimum atomic E-state index is -0.515. The van der Waals surface area contributed by atoms with E-state index in [0.717, 1.165) is 11.7 Å². The Morgan fingerprint density at radius 1 is 1.25 bits per heavy atom. The van der Waals surface area contributed by atoms with Gasteiger partial charge in [0.05, 0.1) is 40.6 Å². The highest BCUT2D eigenvalue weighted by molar-refractivity contribution is 7.00. The van der Waals surface area contributed by atoms with Crippen molar-refractivity contribution in [1.29, 1.82) is 0 Å². The van der Waals surface area contributed by atoms with Crippen molar-refractivity contribution in [3.63, 3.8) is 0 Å². The number of nitrogens with zero attached hydrogens (tertiary/aromatic N) is 4. The largest absolute Gasteiger partial charge is 0.378 e. The van der Waals surface area contributed by atoms with Crippen LogP contribution in [-0.4, -0.2) is 45.9 Å². The highest BCUT2D eigenvalue weighted by atomic mass is 35.5. The summed E-state index contributed by atoms with van der Waals surface area (Å²) in [5.41, 5.74) is 1.91. The molecule has 0 bridgehead atoms. The number of rotatable bonds is 4. The van der Waals surface area contributed by atoms with Gasteiger partial charge in [-0.2, -0.15) is 8.75 Å². The zero-order valence-corrected chi connectivity index (χ0v) is 16.0. The van der Waals surface area contributed by atoms with Crippen LogP contribution in [0.4, 0.5) is 17.1 Å². The lowest BCUT2D eigenvalue weighted by Crippen LogP contribution is -2.36. The Kier molecular flexibility index (Phi) is 5.07. The Bertz CT molecular complexity index is 1070. The number of morpholine rings is 1. The molecule has 0 unspecified atom stereocenters. The van der Waals surface area contributed by atoms with Gasteiger partial charge in [-0.15, -0.1) is 0 Å². The summed E-state index contributed by atoms with van der Waals surface area (Å²) in [4.78, 5) is 25.7. The number of carbonyl (C=O) groups excluding carboxylic acids is 1. The Hall–Kier alpha value is -2.82. The van der Waals surface area contributed by atoms with Gasteiger partial charge in [0.1, 0.15) is 16.7 Å². The predicted molar refractivity (Wildman–Crippen MR) is 107 cm³/mol. The lowest BCUT2D eigenvalue weighted by atomic mass is 10.1. The van der Waals surface area contributed by atoms with E-state index in [1.54, 1.807) is 24.3 Å². The van der Waals surface area contributed by atoms with Crippen LogP contribution in [0, 0.1) is 10.1 Å². The van der Waals surface area contributed by atoms with Crippen molar-refractivity contribution in [3.05, 3.63) is 51.0 Å². The van der Waals surface area contributed by atoms with E-state index in [-0.39, 0.29) is 11.3 Å². The maximum atomic E-state index is 12.7. The van der Waals surface area contributed by atoms with Gasteiger partial charge in [-0.1, -0.05) is 11.6 Å². The fraction of sp³-hybridized carbons (Fsp3) is 0.235. The first-order valence-electron chi connectivity index (χ1n) is 8.38. The molecule has 0 spiro atoms. The molecule has 1 aliphatic rings. The molecule has 1 saturated heterocycles. The third kappa shape index (κ3) is 3.49. The highest BCUT2D eigenvalue weighted by Gasteiger charge is 2.24. The van der Waals surface area contributed by atoms with E-state index >= 15 is 0 Å². The number of benzene rings is 2. The third-order valence-corrected chi connectivity index (χ3v) is 5.26. The van der Waals surface area contributed by atoms with Gasteiger partial charge in [0.15, 0.2) is 0 Å². The Balaban J connectivity index is 1.65. The zero-order valence-electron chi connectivity index (χ0n) is 14.4. The van der Waals surface area contributed by atoms with Gasteiger partial charge in [0.25, 0.3) is 11.6 Å². The van der Waals surface area contributed by atoms with Crippen molar-refractivity contribution in [3.8, 4) is 0 Å². The summed E-state index contributed by atoms with van der Waals surface area (Å²) in [7, 11) is 0. The fourth-order valence-electron chi connectivity index (χ4n) is 3.01. The lowest BCUT2D eigenvalue weighted by molar-refractivity contribution is -0.384.